The highest BCUT2D eigenvalue weighted by Crippen LogP contribution is 2.27. The highest BCUT2D eigenvalue weighted by Gasteiger charge is 2.35. The number of hydrogen-bond acceptors (Lipinski definition) is 6. The van der Waals surface area contributed by atoms with Crippen LogP contribution in [0.3, 0.4) is 0 Å². The molecular weight excluding hydrogens is 502 g/mol. The molecule has 1 atom stereocenters. The van der Waals surface area contributed by atoms with Crippen molar-refractivity contribution >= 4 is 40.6 Å². The molecule has 0 saturated heterocycles. The van der Waals surface area contributed by atoms with Crippen LogP contribution in [-0.2, 0) is 24.2 Å². The molecule has 8 nitrogen and oxygen atoms in total. The van der Waals surface area contributed by atoms with Crippen molar-refractivity contribution in [2.45, 2.75) is 25.4 Å². The fourth-order valence-corrected chi connectivity index (χ4v) is 4.70. The van der Waals surface area contributed by atoms with E-state index < -0.39 is 11.9 Å². The second-order valence-electron chi connectivity index (χ2n) is 9.01. The molecule has 2 amide bonds. The van der Waals surface area contributed by atoms with Gasteiger partial charge in [0.2, 0.25) is 0 Å². The largest absolute Gasteiger partial charge is 0.397 e. The van der Waals surface area contributed by atoms with E-state index in [9.17, 15) is 14.4 Å². The molecule has 4 aromatic rings. The van der Waals surface area contributed by atoms with Gasteiger partial charge in [-0.15, -0.1) is 0 Å². The second-order valence-corrected chi connectivity index (χ2v) is 9.45. The number of ketones is 1. The Morgan fingerprint density at radius 2 is 1.79 bits per heavy atom. The molecule has 9 heteroatoms. The minimum atomic E-state index is -0.699. The first-order chi connectivity index (χ1) is 18.4. The average molecular weight is 526 g/mol. The number of aromatic nitrogens is 2. The molecule has 0 bridgehead atoms. The summed E-state index contributed by atoms with van der Waals surface area (Å²) in [6, 6.07) is 20.2. The van der Waals surface area contributed by atoms with Gasteiger partial charge in [0.15, 0.2) is 11.5 Å². The smallest absolute Gasteiger partial charge is 0.276 e. The van der Waals surface area contributed by atoms with Crippen molar-refractivity contribution in [1.82, 2.24) is 14.9 Å². The van der Waals surface area contributed by atoms with Gasteiger partial charge in [-0.25, -0.2) is 4.98 Å². The molecule has 3 heterocycles. The number of benzene rings is 2. The zero-order valence-corrected chi connectivity index (χ0v) is 21.1. The van der Waals surface area contributed by atoms with Crippen molar-refractivity contribution in [3.63, 3.8) is 0 Å². The number of carbonyl (C=O) groups is 3. The maximum atomic E-state index is 13.7. The number of nitrogens with two attached hydrogens (primary N) is 1. The lowest BCUT2D eigenvalue weighted by Gasteiger charge is -2.29. The number of hydrogen-bond donors (Lipinski definition) is 2. The number of fused-ring (bicyclic) bond motifs is 1. The first kappa shape index (κ1) is 25.1. The van der Waals surface area contributed by atoms with Crippen LogP contribution in [0.25, 0.3) is 0 Å². The predicted molar refractivity (Wildman–Crippen MR) is 145 cm³/mol. The standard InChI is InChI=1S/C29H24ClN5O3/c30-20-8-11-23-19(14-20)15-26(36)25(16-22-4-1-2-12-32-22)35(29(23)38)17-18-6-9-21(10-7-18)34-28(37)27-24(31)5-3-13-33-27/h1-14,25H,15-17,31H2,(H,34,37)/t25-/m1/s1. The topological polar surface area (TPSA) is 118 Å². The summed E-state index contributed by atoms with van der Waals surface area (Å²) in [4.78, 5) is 49.7. The van der Waals surface area contributed by atoms with E-state index in [2.05, 4.69) is 15.3 Å². The number of pyridine rings is 2. The van der Waals surface area contributed by atoms with Crippen LogP contribution in [0.15, 0.2) is 85.2 Å². The number of nitrogens with zero attached hydrogens (tertiary/aromatic N) is 3. The minimum Gasteiger partial charge on any atom is -0.397 e. The van der Waals surface area contributed by atoms with Crippen LogP contribution in [0.5, 0.6) is 0 Å². The van der Waals surface area contributed by atoms with Gasteiger partial charge in [-0.3, -0.25) is 19.4 Å². The van der Waals surface area contributed by atoms with Gasteiger partial charge in [0.1, 0.15) is 0 Å². The van der Waals surface area contributed by atoms with Crippen LogP contribution in [-0.4, -0.2) is 38.5 Å². The Kier molecular flexibility index (Phi) is 7.15. The normalized spacial score (nSPS) is 15.1. The van der Waals surface area contributed by atoms with Crippen molar-refractivity contribution in [3.05, 3.63) is 118 Å². The van der Waals surface area contributed by atoms with E-state index in [0.29, 0.717) is 28.3 Å². The third-order valence-corrected chi connectivity index (χ3v) is 6.65. The summed E-state index contributed by atoms with van der Waals surface area (Å²) in [6.07, 6.45) is 3.58. The van der Waals surface area contributed by atoms with E-state index in [-0.39, 0.29) is 36.0 Å². The first-order valence-corrected chi connectivity index (χ1v) is 12.4. The second kappa shape index (κ2) is 10.8. The van der Waals surface area contributed by atoms with Gasteiger partial charge in [-0.1, -0.05) is 29.8 Å². The Morgan fingerprint density at radius 1 is 1.00 bits per heavy atom. The predicted octanol–water partition coefficient (Wildman–Crippen LogP) is 4.34. The zero-order valence-electron chi connectivity index (χ0n) is 20.3. The van der Waals surface area contributed by atoms with E-state index in [1.165, 1.54) is 6.20 Å². The van der Waals surface area contributed by atoms with E-state index >= 15 is 0 Å². The molecule has 0 saturated carbocycles. The molecule has 0 spiro atoms. The Bertz CT molecular complexity index is 1510. The van der Waals surface area contributed by atoms with Gasteiger partial charge >= 0.3 is 0 Å². The summed E-state index contributed by atoms with van der Waals surface area (Å²) < 4.78 is 0. The van der Waals surface area contributed by atoms with E-state index in [1.54, 1.807) is 65.7 Å². The summed E-state index contributed by atoms with van der Waals surface area (Å²) in [5, 5.41) is 3.25. The summed E-state index contributed by atoms with van der Waals surface area (Å²) in [5.41, 5.74) is 9.42. The van der Waals surface area contributed by atoms with E-state index in [1.807, 2.05) is 18.2 Å². The maximum absolute atomic E-state index is 13.7. The number of Topliss-reactive ketones (excluding diaryl/α,β-unsaturated/α-hetero) is 1. The van der Waals surface area contributed by atoms with Gasteiger partial charge in [-0.2, -0.15) is 0 Å². The van der Waals surface area contributed by atoms with Crippen molar-refractivity contribution in [3.8, 4) is 0 Å². The number of anilines is 2. The molecular formula is C29H24ClN5O3. The number of amides is 2. The van der Waals surface area contributed by atoms with Gasteiger partial charge in [-0.05, 0) is 65.7 Å². The van der Waals surface area contributed by atoms with E-state index in [4.69, 9.17) is 17.3 Å². The zero-order chi connectivity index (χ0) is 26.6. The lowest BCUT2D eigenvalue weighted by molar-refractivity contribution is -0.122. The highest BCUT2D eigenvalue weighted by atomic mass is 35.5. The summed E-state index contributed by atoms with van der Waals surface area (Å²) >= 11 is 6.17. The molecule has 2 aromatic heterocycles. The maximum Gasteiger partial charge on any atom is 0.276 e. The Hall–Kier alpha value is -4.56. The lowest BCUT2D eigenvalue weighted by atomic mass is 9.99. The minimum absolute atomic E-state index is 0.0816. The van der Waals surface area contributed by atoms with Crippen LogP contribution in [0.2, 0.25) is 5.02 Å². The highest BCUT2D eigenvalue weighted by molar-refractivity contribution is 6.30. The average Bonchev–Trinajstić information content (AvgIpc) is 3.00. The third kappa shape index (κ3) is 5.40. The molecule has 5 rings (SSSR count). The number of nitrogens with one attached hydrogen (secondary N) is 1. The number of rotatable bonds is 6. The SMILES string of the molecule is Nc1cccnc1C(=O)Nc1ccc(CN2C(=O)c3ccc(Cl)cc3CC(=O)[C@H]2Cc2ccccn2)cc1. The summed E-state index contributed by atoms with van der Waals surface area (Å²) in [7, 11) is 0. The van der Waals surface area contributed by atoms with Crippen molar-refractivity contribution in [1.29, 1.82) is 0 Å². The monoisotopic (exact) mass is 525 g/mol. The van der Waals surface area contributed by atoms with Gasteiger partial charge in [0, 0.05) is 53.7 Å². The van der Waals surface area contributed by atoms with Gasteiger partial charge < -0.3 is 16.0 Å². The third-order valence-electron chi connectivity index (χ3n) is 6.42. The molecule has 0 radical (unpaired) electrons. The summed E-state index contributed by atoms with van der Waals surface area (Å²) in [5.74, 6) is -0.747. The van der Waals surface area contributed by atoms with Crippen molar-refractivity contribution < 1.29 is 14.4 Å². The number of carbonyl (C=O) groups excluding carboxylic acids is 3. The van der Waals surface area contributed by atoms with E-state index in [0.717, 1.165) is 11.3 Å². The fourth-order valence-electron chi connectivity index (χ4n) is 4.50. The molecule has 38 heavy (non-hydrogen) atoms. The number of nitrogen functional groups attached to an aromatic ring is 1. The molecule has 1 aliphatic heterocycles. The molecule has 3 N–H and O–H groups in total. The quantitative estimate of drug-likeness (QED) is 0.386. The van der Waals surface area contributed by atoms with Crippen LogP contribution in [0.4, 0.5) is 11.4 Å². The molecule has 190 valence electrons. The molecule has 0 unspecified atom stereocenters. The van der Waals surface area contributed by atoms with Crippen molar-refractivity contribution in [2.75, 3.05) is 11.1 Å². The molecule has 2 aromatic carbocycles. The van der Waals surface area contributed by atoms with Gasteiger partial charge in [0.25, 0.3) is 11.8 Å². The van der Waals surface area contributed by atoms with Gasteiger partial charge in [0.05, 0.1) is 11.7 Å². The Labute approximate surface area is 224 Å². The first-order valence-electron chi connectivity index (χ1n) is 12.0. The van der Waals surface area contributed by atoms with Crippen molar-refractivity contribution in [2.24, 2.45) is 0 Å². The number of halogens is 1. The van der Waals surface area contributed by atoms with Crippen LogP contribution in [0, 0.1) is 0 Å². The lowest BCUT2D eigenvalue weighted by Crippen LogP contribution is -2.44. The molecule has 0 aliphatic carbocycles. The summed E-state index contributed by atoms with van der Waals surface area (Å²) in [6.45, 7) is 0.200. The Balaban J connectivity index is 1.41. The van der Waals surface area contributed by atoms with Crippen LogP contribution >= 0.6 is 11.6 Å². The van der Waals surface area contributed by atoms with Crippen LogP contribution in [0.1, 0.15) is 37.7 Å². The fraction of sp³-hybridized carbons (Fsp3) is 0.138. The molecule has 1 aliphatic rings. The van der Waals surface area contributed by atoms with Crippen LogP contribution < -0.4 is 11.1 Å². The molecule has 0 fully saturated rings. The Morgan fingerprint density at radius 3 is 2.53 bits per heavy atom.